The smallest absolute Gasteiger partial charge is 0.310 e. The fourth-order valence-electron chi connectivity index (χ4n) is 2.60. The predicted octanol–water partition coefficient (Wildman–Crippen LogP) is 1.94. The zero-order valence-electron chi connectivity index (χ0n) is 12.3. The molecule has 0 bridgehead atoms. The Hall–Kier alpha value is -1.86. The summed E-state index contributed by atoms with van der Waals surface area (Å²) in [6.07, 6.45) is 1.87. The molecule has 0 aromatic heterocycles. The van der Waals surface area contributed by atoms with Gasteiger partial charge in [-0.15, -0.1) is 12.4 Å². The van der Waals surface area contributed by atoms with Gasteiger partial charge in [-0.3, -0.25) is 14.9 Å². The number of amides is 1. The molecule has 0 aliphatic carbocycles. The monoisotopic (exact) mass is 329 g/mol. The maximum Gasteiger partial charge on any atom is 0.310 e. The van der Waals surface area contributed by atoms with Gasteiger partial charge in [0.15, 0.2) is 5.75 Å². The van der Waals surface area contributed by atoms with Crippen LogP contribution >= 0.6 is 12.4 Å². The van der Waals surface area contributed by atoms with Gasteiger partial charge in [-0.05, 0) is 18.6 Å². The summed E-state index contributed by atoms with van der Waals surface area (Å²) in [4.78, 5) is 24.3. The number of benzene rings is 1. The largest absolute Gasteiger partial charge is 0.502 e. The van der Waals surface area contributed by atoms with E-state index < -0.39 is 16.4 Å². The molecule has 2 rings (SSSR count). The fraction of sp³-hybridized carbons (Fsp3) is 0.500. The molecule has 122 valence electrons. The average molecular weight is 330 g/mol. The summed E-state index contributed by atoms with van der Waals surface area (Å²) < 4.78 is 0. The summed E-state index contributed by atoms with van der Waals surface area (Å²) in [5.74, 6) is -0.673. The SMILES string of the molecule is CCCC1CNCCN1C(=O)c1ccc([N+](=O)[O-])c(O)c1.Cl. The van der Waals surface area contributed by atoms with Gasteiger partial charge < -0.3 is 15.3 Å². The van der Waals surface area contributed by atoms with E-state index in [0.717, 1.165) is 25.9 Å². The first-order valence-electron chi connectivity index (χ1n) is 7.03. The summed E-state index contributed by atoms with van der Waals surface area (Å²) in [6.45, 7) is 4.14. The fourth-order valence-corrected chi connectivity index (χ4v) is 2.60. The maximum atomic E-state index is 12.5. The molecule has 1 amide bonds. The van der Waals surface area contributed by atoms with Gasteiger partial charge in [-0.1, -0.05) is 13.3 Å². The minimum atomic E-state index is -0.672. The van der Waals surface area contributed by atoms with Gasteiger partial charge in [-0.2, -0.15) is 0 Å². The van der Waals surface area contributed by atoms with Crippen molar-refractivity contribution in [1.82, 2.24) is 10.2 Å². The number of hydrogen-bond donors (Lipinski definition) is 2. The van der Waals surface area contributed by atoms with Crippen LogP contribution in [0.2, 0.25) is 0 Å². The highest BCUT2D eigenvalue weighted by Gasteiger charge is 2.27. The summed E-state index contributed by atoms with van der Waals surface area (Å²) in [7, 11) is 0. The number of halogens is 1. The molecule has 8 heteroatoms. The van der Waals surface area contributed by atoms with Crippen molar-refractivity contribution in [2.75, 3.05) is 19.6 Å². The maximum absolute atomic E-state index is 12.5. The molecule has 1 aromatic carbocycles. The highest BCUT2D eigenvalue weighted by Crippen LogP contribution is 2.27. The highest BCUT2D eigenvalue weighted by molar-refractivity contribution is 5.95. The van der Waals surface area contributed by atoms with E-state index in [1.54, 1.807) is 4.90 Å². The number of nitro benzene ring substituents is 1. The van der Waals surface area contributed by atoms with Crippen molar-refractivity contribution in [3.05, 3.63) is 33.9 Å². The Balaban J connectivity index is 0.00000242. The molecule has 1 aliphatic rings. The van der Waals surface area contributed by atoms with E-state index in [9.17, 15) is 20.0 Å². The number of nitro groups is 1. The molecule has 0 saturated carbocycles. The second-order valence-corrected chi connectivity index (χ2v) is 5.11. The van der Waals surface area contributed by atoms with Crippen molar-refractivity contribution in [2.24, 2.45) is 0 Å². The van der Waals surface area contributed by atoms with E-state index in [0.29, 0.717) is 6.54 Å². The molecule has 1 atom stereocenters. The molecule has 0 radical (unpaired) electrons. The third kappa shape index (κ3) is 3.86. The van der Waals surface area contributed by atoms with E-state index in [-0.39, 0.29) is 29.9 Å². The Bertz CT molecular complexity index is 551. The molecular weight excluding hydrogens is 310 g/mol. The molecule has 0 spiro atoms. The second kappa shape index (κ2) is 7.95. The second-order valence-electron chi connectivity index (χ2n) is 5.11. The molecule has 22 heavy (non-hydrogen) atoms. The lowest BCUT2D eigenvalue weighted by atomic mass is 10.1. The molecule has 1 heterocycles. The summed E-state index contributed by atoms with van der Waals surface area (Å²) >= 11 is 0. The standard InChI is InChI=1S/C14H19N3O4.ClH/c1-2-3-11-9-15-6-7-16(11)14(19)10-4-5-12(17(20)21)13(18)8-10;/h4-5,8,11,15,18H,2-3,6-7,9H2,1H3;1H. The van der Waals surface area contributed by atoms with Crippen molar-refractivity contribution in [3.8, 4) is 5.75 Å². The Morgan fingerprint density at radius 2 is 2.27 bits per heavy atom. The molecule has 1 aromatic rings. The van der Waals surface area contributed by atoms with Crippen LogP contribution in [-0.2, 0) is 0 Å². The van der Waals surface area contributed by atoms with Gasteiger partial charge in [0.25, 0.3) is 5.91 Å². The van der Waals surface area contributed by atoms with Crippen molar-refractivity contribution in [2.45, 2.75) is 25.8 Å². The van der Waals surface area contributed by atoms with Gasteiger partial charge in [0.2, 0.25) is 0 Å². The lowest BCUT2D eigenvalue weighted by Crippen LogP contribution is -2.53. The third-order valence-electron chi connectivity index (χ3n) is 3.65. The normalized spacial score (nSPS) is 17.7. The highest BCUT2D eigenvalue weighted by atomic mass is 35.5. The number of aromatic hydroxyl groups is 1. The zero-order chi connectivity index (χ0) is 15.4. The van der Waals surface area contributed by atoms with Crippen molar-refractivity contribution in [1.29, 1.82) is 0 Å². The Kier molecular flexibility index (Phi) is 6.58. The molecule has 1 aliphatic heterocycles. The van der Waals surface area contributed by atoms with Crippen LogP contribution in [0.3, 0.4) is 0 Å². The number of phenols is 1. The van der Waals surface area contributed by atoms with Crippen LogP contribution in [0, 0.1) is 10.1 Å². The predicted molar refractivity (Wildman–Crippen MR) is 84.6 cm³/mol. The number of nitrogens with one attached hydrogen (secondary N) is 1. The topological polar surface area (TPSA) is 95.7 Å². The van der Waals surface area contributed by atoms with Crippen molar-refractivity contribution >= 4 is 24.0 Å². The molecule has 1 fully saturated rings. The van der Waals surface area contributed by atoms with Crippen LogP contribution in [-0.4, -0.2) is 46.5 Å². The first-order chi connectivity index (χ1) is 10.0. The van der Waals surface area contributed by atoms with Crippen LogP contribution in [0.4, 0.5) is 5.69 Å². The minimum absolute atomic E-state index is 0. The van der Waals surface area contributed by atoms with Crippen LogP contribution in [0.5, 0.6) is 5.75 Å². The number of piperazine rings is 1. The van der Waals surface area contributed by atoms with Crippen molar-refractivity contribution < 1.29 is 14.8 Å². The Labute approximate surface area is 134 Å². The summed E-state index contributed by atoms with van der Waals surface area (Å²) in [5, 5.41) is 23.6. The van der Waals surface area contributed by atoms with Gasteiger partial charge in [-0.25, -0.2) is 0 Å². The van der Waals surface area contributed by atoms with Gasteiger partial charge in [0, 0.05) is 37.3 Å². The molecular formula is C14H20ClN3O4. The molecule has 1 unspecified atom stereocenters. The number of nitrogens with zero attached hydrogens (tertiary/aromatic N) is 2. The van der Waals surface area contributed by atoms with E-state index in [2.05, 4.69) is 12.2 Å². The lowest BCUT2D eigenvalue weighted by Gasteiger charge is -2.36. The summed E-state index contributed by atoms with van der Waals surface area (Å²) in [6, 6.07) is 3.85. The third-order valence-corrected chi connectivity index (χ3v) is 3.65. The van der Waals surface area contributed by atoms with Crippen LogP contribution < -0.4 is 5.32 Å². The average Bonchev–Trinajstić information content (AvgIpc) is 2.47. The number of phenolic OH excluding ortho intramolecular Hbond substituents is 1. The van der Waals surface area contributed by atoms with Crippen LogP contribution in [0.1, 0.15) is 30.1 Å². The van der Waals surface area contributed by atoms with Gasteiger partial charge >= 0.3 is 5.69 Å². The number of carbonyl (C=O) groups excluding carboxylic acids is 1. The van der Waals surface area contributed by atoms with Gasteiger partial charge in [0.05, 0.1) is 4.92 Å². The van der Waals surface area contributed by atoms with Gasteiger partial charge in [0.1, 0.15) is 0 Å². The number of carbonyl (C=O) groups is 1. The summed E-state index contributed by atoms with van der Waals surface area (Å²) in [5.41, 5.74) is -0.113. The van der Waals surface area contributed by atoms with Crippen LogP contribution in [0.25, 0.3) is 0 Å². The van der Waals surface area contributed by atoms with E-state index in [1.165, 1.54) is 18.2 Å². The van der Waals surface area contributed by atoms with E-state index in [4.69, 9.17) is 0 Å². The molecule has 1 saturated heterocycles. The molecule has 7 nitrogen and oxygen atoms in total. The van der Waals surface area contributed by atoms with Crippen LogP contribution in [0.15, 0.2) is 18.2 Å². The zero-order valence-corrected chi connectivity index (χ0v) is 13.1. The Morgan fingerprint density at radius 1 is 1.55 bits per heavy atom. The first kappa shape index (κ1) is 18.2. The van der Waals surface area contributed by atoms with E-state index in [1.807, 2.05) is 0 Å². The lowest BCUT2D eigenvalue weighted by molar-refractivity contribution is -0.385. The van der Waals surface area contributed by atoms with E-state index >= 15 is 0 Å². The minimum Gasteiger partial charge on any atom is -0.502 e. The van der Waals surface area contributed by atoms with Crippen molar-refractivity contribution in [3.63, 3.8) is 0 Å². The quantitative estimate of drug-likeness (QED) is 0.650. The Morgan fingerprint density at radius 3 is 2.86 bits per heavy atom. The first-order valence-corrected chi connectivity index (χ1v) is 7.03. The molecule has 2 N–H and O–H groups in total. The number of hydrogen-bond acceptors (Lipinski definition) is 5. The number of rotatable bonds is 4.